The predicted molar refractivity (Wildman–Crippen MR) is 65.8 cm³/mol. The molecule has 0 fully saturated rings. The Morgan fingerprint density at radius 3 is 2.41 bits per heavy atom. The number of benzene rings is 1. The molecule has 1 amide bonds. The monoisotopic (exact) mass is 237 g/mol. The molecule has 94 valence electrons. The third-order valence-electron chi connectivity index (χ3n) is 2.62. The van der Waals surface area contributed by atoms with Crippen LogP contribution in [0.15, 0.2) is 24.3 Å². The molecule has 4 nitrogen and oxygen atoms in total. The quantitative estimate of drug-likeness (QED) is 0.818. The molecule has 2 atom stereocenters. The molecule has 0 aromatic heterocycles. The summed E-state index contributed by atoms with van der Waals surface area (Å²) in [5.74, 6) is 0.429. The second kappa shape index (κ2) is 6.25. The molecule has 0 aliphatic carbocycles. The van der Waals surface area contributed by atoms with Gasteiger partial charge in [-0.15, -0.1) is 0 Å². The number of aliphatic hydroxyl groups excluding tert-OH is 1. The molecule has 1 aromatic rings. The maximum absolute atomic E-state index is 11.4. The van der Waals surface area contributed by atoms with Gasteiger partial charge in [0.1, 0.15) is 11.9 Å². The zero-order chi connectivity index (χ0) is 12.8. The number of nitrogens with one attached hydrogen (secondary N) is 1. The van der Waals surface area contributed by atoms with Crippen molar-refractivity contribution in [3.63, 3.8) is 0 Å². The van der Waals surface area contributed by atoms with E-state index in [-0.39, 0.29) is 11.9 Å². The third kappa shape index (κ3) is 3.75. The Bertz CT molecular complexity index is 359. The van der Waals surface area contributed by atoms with Crippen LogP contribution in [-0.4, -0.2) is 24.2 Å². The fourth-order valence-corrected chi connectivity index (χ4v) is 1.55. The molecule has 0 aliphatic heterocycles. The van der Waals surface area contributed by atoms with E-state index in [0.29, 0.717) is 0 Å². The first kappa shape index (κ1) is 13.5. The lowest BCUT2D eigenvalue weighted by Crippen LogP contribution is -2.35. The van der Waals surface area contributed by atoms with E-state index in [1.54, 1.807) is 7.11 Å². The van der Waals surface area contributed by atoms with Crippen LogP contribution in [0.2, 0.25) is 0 Å². The zero-order valence-electron chi connectivity index (χ0n) is 10.4. The van der Waals surface area contributed by atoms with Gasteiger partial charge in [0.2, 0.25) is 5.91 Å². The minimum absolute atomic E-state index is 0.0805. The molecule has 0 bridgehead atoms. The minimum atomic E-state index is -0.984. The first-order valence-corrected chi connectivity index (χ1v) is 5.70. The Morgan fingerprint density at radius 1 is 1.41 bits per heavy atom. The number of rotatable bonds is 5. The van der Waals surface area contributed by atoms with Crippen molar-refractivity contribution in [2.45, 2.75) is 32.4 Å². The fraction of sp³-hybridized carbons (Fsp3) is 0.462. The van der Waals surface area contributed by atoms with Gasteiger partial charge in [0.15, 0.2) is 0 Å². The van der Waals surface area contributed by atoms with Crippen LogP contribution in [0.4, 0.5) is 0 Å². The topological polar surface area (TPSA) is 58.6 Å². The molecule has 0 spiro atoms. The molecule has 0 radical (unpaired) electrons. The van der Waals surface area contributed by atoms with E-state index >= 15 is 0 Å². The molecule has 1 aromatic carbocycles. The van der Waals surface area contributed by atoms with E-state index in [9.17, 15) is 4.79 Å². The first-order chi connectivity index (χ1) is 8.08. The summed E-state index contributed by atoms with van der Waals surface area (Å²) in [5.41, 5.74) is 1.00. The van der Waals surface area contributed by atoms with Crippen molar-refractivity contribution in [3.05, 3.63) is 29.8 Å². The summed E-state index contributed by atoms with van der Waals surface area (Å²) < 4.78 is 5.07. The van der Waals surface area contributed by atoms with Crippen LogP contribution in [0, 0.1) is 0 Å². The number of hydrogen-bond acceptors (Lipinski definition) is 3. The zero-order valence-corrected chi connectivity index (χ0v) is 10.4. The molecular weight excluding hydrogens is 218 g/mol. The van der Waals surface area contributed by atoms with Crippen LogP contribution in [-0.2, 0) is 4.79 Å². The van der Waals surface area contributed by atoms with Gasteiger partial charge in [-0.05, 0) is 31.0 Å². The lowest BCUT2D eigenvalue weighted by Gasteiger charge is -2.18. The standard InChI is InChI=1S/C13H19NO3/c1-4-12(14-13(16)9(2)15)10-5-7-11(17-3)8-6-10/h5-9,12,15H,4H2,1-3H3,(H,14,16). The van der Waals surface area contributed by atoms with Crippen molar-refractivity contribution in [2.75, 3.05) is 7.11 Å². The maximum Gasteiger partial charge on any atom is 0.249 e. The van der Waals surface area contributed by atoms with Gasteiger partial charge in [-0.2, -0.15) is 0 Å². The van der Waals surface area contributed by atoms with Crippen LogP contribution in [0.5, 0.6) is 5.75 Å². The van der Waals surface area contributed by atoms with Crippen molar-refractivity contribution in [3.8, 4) is 5.75 Å². The highest BCUT2D eigenvalue weighted by Gasteiger charge is 2.15. The van der Waals surface area contributed by atoms with Gasteiger partial charge in [0.05, 0.1) is 13.2 Å². The molecule has 2 unspecified atom stereocenters. The Balaban J connectivity index is 2.75. The molecule has 17 heavy (non-hydrogen) atoms. The largest absolute Gasteiger partial charge is 0.497 e. The van der Waals surface area contributed by atoms with E-state index < -0.39 is 6.10 Å². The smallest absolute Gasteiger partial charge is 0.249 e. The maximum atomic E-state index is 11.4. The summed E-state index contributed by atoms with van der Waals surface area (Å²) in [7, 11) is 1.61. The highest BCUT2D eigenvalue weighted by Crippen LogP contribution is 2.20. The first-order valence-electron chi connectivity index (χ1n) is 5.70. The van der Waals surface area contributed by atoms with Gasteiger partial charge in [-0.1, -0.05) is 19.1 Å². The molecule has 2 N–H and O–H groups in total. The highest BCUT2D eigenvalue weighted by molar-refractivity contribution is 5.80. The Kier molecular flexibility index (Phi) is 4.97. The van der Waals surface area contributed by atoms with Crippen molar-refractivity contribution in [1.82, 2.24) is 5.32 Å². The second-order valence-electron chi connectivity index (χ2n) is 3.92. The van der Waals surface area contributed by atoms with Crippen molar-refractivity contribution in [2.24, 2.45) is 0 Å². The van der Waals surface area contributed by atoms with Gasteiger partial charge >= 0.3 is 0 Å². The van der Waals surface area contributed by atoms with Gasteiger partial charge in [-0.25, -0.2) is 0 Å². The van der Waals surface area contributed by atoms with Crippen LogP contribution >= 0.6 is 0 Å². The second-order valence-corrected chi connectivity index (χ2v) is 3.92. The minimum Gasteiger partial charge on any atom is -0.497 e. The van der Waals surface area contributed by atoms with E-state index in [2.05, 4.69) is 5.32 Å². The van der Waals surface area contributed by atoms with Crippen LogP contribution in [0.25, 0.3) is 0 Å². The number of ether oxygens (including phenoxy) is 1. The number of methoxy groups -OCH3 is 1. The molecular formula is C13H19NO3. The normalized spacial score (nSPS) is 13.9. The molecule has 0 heterocycles. The number of amides is 1. The fourth-order valence-electron chi connectivity index (χ4n) is 1.55. The Labute approximate surface area is 102 Å². The summed E-state index contributed by atoms with van der Waals surface area (Å²) >= 11 is 0. The lowest BCUT2D eigenvalue weighted by atomic mass is 10.0. The van der Waals surface area contributed by atoms with Gasteiger partial charge < -0.3 is 15.2 Å². The van der Waals surface area contributed by atoms with Crippen LogP contribution in [0.3, 0.4) is 0 Å². The van der Waals surface area contributed by atoms with Gasteiger partial charge in [0, 0.05) is 0 Å². The van der Waals surface area contributed by atoms with E-state index in [1.165, 1.54) is 6.92 Å². The van der Waals surface area contributed by atoms with E-state index in [0.717, 1.165) is 17.7 Å². The van der Waals surface area contributed by atoms with Crippen LogP contribution in [0.1, 0.15) is 31.9 Å². The number of carbonyl (C=O) groups excluding carboxylic acids is 1. The van der Waals surface area contributed by atoms with Crippen molar-refractivity contribution >= 4 is 5.91 Å². The SMILES string of the molecule is CCC(NC(=O)C(C)O)c1ccc(OC)cc1. The summed E-state index contributed by atoms with van der Waals surface area (Å²) in [4.78, 5) is 11.4. The number of hydrogen-bond donors (Lipinski definition) is 2. The van der Waals surface area contributed by atoms with E-state index in [1.807, 2.05) is 31.2 Å². The van der Waals surface area contributed by atoms with Gasteiger partial charge in [-0.3, -0.25) is 4.79 Å². The average Bonchev–Trinajstić information content (AvgIpc) is 2.35. The lowest BCUT2D eigenvalue weighted by molar-refractivity contribution is -0.129. The molecule has 0 aliphatic rings. The number of carbonyl (C=O) groups is 1. The summed E-state index contributed by atoms with van der Waals surface area (Å²) in [6, 6.07) is 7.45. The third-order valence-corrected chi connectivity index (χ3v) is 2.62. The summed E-state index contributed by atoms with van der Waals surface area (Å²) in [6.07, 6.45) is -0.215. The van der Waals surface area contributed by atoms with Gasteiger partial charge in [0.25, 0.3) is 0 Å². The molecule has 0 saturated heterocycles. The molecule has 1 rings (SSSR count). The van der Waals surface area contributed by atoms with Crippen molar-refractivity contribution < 1.29 is 14.6 Å². The number of aliphatic hydroxyl groups is 1. The van der Waals surface area contributed by atoms with Crippen molar-refractivity contribution in [1.29, 1.82) is 0 Å². The summed E-state index contributed by atoms with van der Waals surface area (Å²) in [6.45, 7) is 3.44. The van der Waals surface area contributed by atoms with E-state index in [4.69, 9.17) is 9.84 Å². The highest BCUT2D eigenvalue weighted by atomic mass is 16.5. The predicted octanol–water partition coefficient (Wildman–Crippen LogP) is 1.64. The average molecular weight is 237 g/mol. The Hall–Kier alpha value is -1.55. The summed E-state index contributed by atoms with van der Waals surface area (Å²) in [5, 5.41) is 12.0. The molecule has 4 heteroatoms. The Morgan fingerprint density at radius 2 is 2.00 bits per heavy atom. The van der Waals surface area contributed by atoms with Crippen LogP contribution < -0.4 is 10.1 Å². The molecule has 0 saturated carbocycles.